The van der Waals surface area contributed by atoms with E-state index >= 15 is 0 Å². The smallest absolute Gasteiger partial charge is 0.241 e. The van der Waals surface area contributed by atoms with Gasteiger partial charge in [-0.1, -0.05) is 0 Å². The summed E-state index contributed by atoms with van der Waals surface area (Å²) >= 11 is 0. The normalized spacial score (nSPS) is 10.9. The van der Waals surface area contributed by atoms with Crippen molar-refractivity contribution in [3.63, 3.8) is 0 Å². The number of nitrogens with two attached hydrogens (primary N) is 1. The molecule has 0 bridgehead atoms. The first-order chi connectivity index (χ1) is 7.45. The molecular weight excluding hydrogens is 204 g/mol. The van der Waals surface area contributed by atoms with Crippen LogP contribution >= 0.6 is 0 Å². The first-order valence-corrected chi connectivity index (χ1v) is 5.48. The van der Waals surface area contributed by atoms with E-state index in [0.29, 0.717) is 6.54 Å². The zero-order valence-electron chi connectivity index (χ0n) is 10.4. The molecule has 1 aromatic rings. The van der Waals surface area contributed by atoms with Gasteiger partial charge in [0.2, 0.25) is 5.91 Å². The third-order valence-corrected chi connectivity index (χ3v) is 2.48. The number of hydrogen-bond donors (Lipinski definition) is 2. The maximum Gasteiger partial charge on any atom is 0.241 e. The van der Waals surface area contributed by atoms with Crippen LogP contribution in [-0.4, -0.2) is 21.7 Å². The molecule has 0 aromatic carbocycles. The van der Waals surface area contributed by atoms with Crippen LogP contribution in [0.25, 0.3) is 0 Å². The molecule has 1 aromatic heterocycles. The van der Waals surface area contributed by atoms with E-state index in [4.69, 9.17) is 5.73 Å². The van der Waals surface area contributed by atoms with Crippen molar-refractivity contribution in [2.45, 2.75) is 46.8 Å². The lowest BCUT2D eigenvalue weighted by Crippen LogP contribution is -2.33. The van der Waals surface area contributed by atoms with Crippen LogP contribution in [0.3, 0.4) is 0 Å². The van der Waals surface area contributed by atoms with E-state index in [-0.39, 0.29) is 18.5 Å². The zero-order chi connectivity index (χ0) is 12.3. The van der Waals surface area contributed by atoms with E-state index < -0.39 is 0 Å². The predicted octanol–water partition coefficient (Wildman–Crippen LogP) is 0.483. The van der Waals surface area contributed by atoms with Gasteiger partial charge in [0.1, 0.15) is 6.54 Å². The molecule has 0 aliphatic rings. The SMILES string of the molecule is Cc1nn(CC(=O)NC(C)C)c(C)c1CN. The van der Waals surface area contributed by atoms with E-state index in [1.807, 2.05) is 27.7 Å². The maximum absolute atomic E-state index is 11.6. The average Bonchev–Trinajstić information content (AvgIpc) is 2.40. The Hall–Kier alpha value is -1.36. The Labute approximate surface area is 96.0 Å². The lowest BCUT2D eigenvalue weighted by molar-refractivity contribution is -0.122. The van der Waals surface area contributed by atoms with E-state index in [0.717, 1.165) is 17.0 Å². The van der Waals surface area contributed by atoms with Crippen LogP contribution in [0.15, 0.2) is 0 Å². The number of carbonyl (C=O) groups excluding carboxylic acids is 1. The molecule has 5 heteroatoms. The molecule has 16 heavy (non-hydrogen) atoms. The van der Waals surface area contributed by atoms with Crippen molar-refractivity contribution >= 4 is 5.91 Å². The minimum Gasteiger partial charge on any atom is -0.352 e. The molecule has 0 aliphatic carbocycles. The molecule has 0 saturated carbocycles. The minimum absolute atomic E-state index is 0.0239. The molecule has 1 amide bonds. The zero-order valence-corrected chi connectivity index (χ0v) is 10.4. The Bertz CT molecular complexity index is 382. The number of aryl methyl sites for hydroxylation is 1. The van der Waals surface area contributed by atoms with Crippen molar-refractivity contribution in [1.82, 2.24) is 15.1 Å². The third kappa shape index (κ3) is 2.82. The van der Waals surface area contributed by atoms with Crippen molar-refractivity contribution in [3.05, 3.63) is 17.0 Å². The summed E-state index contributed by atoms with van der Waals surface area (Å²) in [7, 11) is 0. The van der Waals surface area contributed by atoms with Gasteiger partial charge >= 0.3 is 0 Å². The summed E-state index contributed by atoms with van der Waals surface area (Å²) in [5.41, 5.74) is 8.52. The van der Waals surface area contributed by atoms with Crippen LogP contribution in [-0.2, 0) is 17.9 Å². The van der Waals surface area contributed by atoms with E-state index in [2.05, 4.69) is 10.4 Å². The molecule has 1 heterocycles. The van der Waals surface area contributed by atoms with Gasteiger partial charge in [-0.2, -0.15) is 5.10 Å². The van der Waals surface area contributed by atoms with Crippen LogP contribution in [0.1, 0.15) is 30.8 Å². The van der Waals surface area contributed by atoms with Gasteiger partial charge in [0.05, 0.1) is 5.69 Å². The summed E-state index contributed by atoms with van der Waals surface area (Å²) in [5, 5.41) is 7.14. The van der Waals surface area contributed by atoms with E-state index in [1.165, 1.54) is 0 Å². The molecule has 0 radical (unpaired) electrons. The molecule has 5 nitrogen and oxygen atoms in total. The highest BCUT2D eigenvalue weighted by molar-refractivity contribution is 5.76. The van der Waals surface area contributed by atoms with Crippen molar-refractivity contribution in [1.29, 1.82) is 0 Å². The number of nitrogens with one attached hydrogen (secondary N) is 1. The van der Waals surface area contributed by atoms with Crippen LogP contribution in [0.2, 0.25) is 0 Å². The van der Waals surface area contributed by atoms with E-state index in [9.17, 15) is 4.79 Å². The molecule has 1 rings (SSSR count). The summed E-state index contributed by atoms with van der Waals surface area (Å²) < 4.78 is 1.70. The molecule has 0 unspecified atom stereocenters. The third-order valence-electron chi connectivity index (χ3n) is 2.48. The summed E-state index contributed by atoms with van der Waals surface area (Å²) in [5.74, 6) is -0.0239. The molecule has 3 N–H and O–H groups in total. The molecule has 0 aliphatic heterocycles. The van der Waals surface area contributed by atoms with Crippen molar-refractivity contribution < 1.29 is 4.79 Å². The Morgan fingerprint density at radius 3 is 2.56 bits per heavy atom. The quantitative estimate of drug-likeness (QED) is 0.781. The second-order valence-electron chi connectivity index (χ2n) is 4.23. The number of amides is 1. The number of nitrogens with zero attached hydrogens (tertiary/aromatic N) is 2. The Morgan fingerprint density at radius 2 is 2.12 bits per heavy atom. The fourth-order valence-electron chi connectivity index (χ4n) is 1.69. The van der Waals surface area contributed by atoms with Crippen LogP contribution in [0, 0.1) is 13.8 Å². The van der Waals surface area contributed by atoms with Crippen molar-refractivity contribution in [3.8, 4) is 0 Å². The number of aromatic nitrogens is 2. The van der Waals surface area contributed by atoms with Gasteiger partial charge in [-0.15, -0.1) is 0 Å². The predicted molar refractivity (Wildman–Crippen MR) is 62.9 cm³/mol. The lowest BCUT2D eigenvalue weighted by atomic mass is 10.2. The van der Waals surface area contributed by atoms with Gasteiger partial charge < -0.3 is 11.1 Å². The van der Waals surface area contributed by atoms with Gasteiger partial charge in [-0.25, -0.2) is 0 Å². The second-order valence-corrected chi connectivity index (χ2v) is 4.23. The lowest BCUT2D eigenvalue weighted by Gasteiger charge is -2.09. The van der Waals surface area contributed by atoms with Crippen LogP contribution < -0.4 is 11.1 Å². The highest BCUT2D eigenvalue weighted by Crippen LogP contribution is 2.11. The Kier molecular flexibility index (Phi) is 4.06. The largest absolute Gasteiger partial charge is 0.352 e. The summed E-state index contributed by atoms with van der Waals surface area (Å²) in [6, 6.07) is 0.151. The molecular formula is C11H20N4O. The second kappa shape index (κ2) is 5.12. The van der Waals surface area contributed by atoms with E-state index in [1.54, 1.807) is 4.68 Å². The number of carbonyl (C=O) groups is 1. The first-order valence-electron chi connectivity index (χ1n) is 5.48. The standard InChI is InChI=1S/C11H20N4O/c1-7(2)13-11(16)6-15-9(4)10(5-12)8(3)14-15/h7H,5-6,12H2,1-4H3,(H,13,16). The fourth-order valence-corrected chi connectivity index (χ4v) is 1.69. The Balaban J connectivity index is 2.78. The summed E-state index contributed by atoms with van der Waals surface area (Å²) in [4.78, 5) is 11.6. The molecule has 0 fully saturated rings. The van der Waals surface area contributed by atoms with Gasteiger partial charge in [-0.3, -0.25) is 9.48 Å². The number of hydrogen-bond acceptors (Lipinski definition) is 3. The van der Waals surface area contributed by atoms with Crippen LogP contribution in [0.4, 0.5) is 0 Å². The van der Waals surface area contributed by atoms with Gasteiger partial charge in [0.15, 0.2) is 0 Å². The van der Waals surface area contributed by atoms with Crippen LogP contribution in [0.5, 0.6) is 0 Å². The van der Waals surface area contributed by atoms with Gasteiger partial charge in [0, 0.05) is 23.8 Å². The molecule has 90 valence electrons. The first kappa shape index (κ1) is 12.7. The monoisotopic (exact) mass is 224 g/mol. The molecule has 0 spiro atoms. The fraction of sp³-hybridized carbons (Fsp3) is 0.636. The topological polar surface area (TPSA) is 72.9 Å². The summed E-state index contributed by atoms with van der Waals surface area (Å²) in [6.07, 6.45) is 0. The molecule has 0 atom stereocenters. The minimum atomic E-state index is -0.0239. The Morgan fingerprint density at radius 1 is 1.50 bits per heavy atom. The molecule has 0 saturated heterocycles. The summed E-state index contributed by atoms with van der Waals surface area (Å²) in [6.45, 7) is 8.43. The number of rotatable bonds is 4. The van der Waals surface area contributed by atoms with Crippen molar-refractivity contribution in [2.75, 3.05) is 0 Å². The average molecular weight is 224 g/mol. The highest BCUT2D eigenvalue weighted by atomic mass is 16.2. The van der Waals surface area contributed by atoms with Gasteiger partial charge in [-0.05, 0) is 27.7 Å². The van der Waals surface area contributed by atoms with Crippen molar-refractivity contribution in [2.24, 2.45) is 5.73 Å². The highest BCUT2D eigenvalue weighted by Gasteiger charge is 2.12. The maximum atomic E-state index is 11.6. The van der Waals surface area contributed by atoms with Gasteiger partial charge in [0.25, 0.3) is 0 Å².